The number of aliphatic hydroxyl groups is 2. The maximum Gasteiger partial charge on any atom is 0.107 e. The van der Waals surface area contributed by atoms with E-state index < -0.39 is 6.10 Å². The van der Waals surface area contributed by atoms with Crippen LogP contribution in [0.3, 0.4) is 0 Å². The summed E-state index contributed by atoms with van der Waals surface area (Å²) in [7, 11) is 0. The number of aliphatic hydroxyl groups excluding tert-OH is 2. The van der Waals surface area contributed by atoms with Gasteiger partial charge in [-0.3, -0.25) is 0 Å². The van der Waals surface area contributed by atoms with Gasteiger partial charge in [0, 0.05) is 5.92 Å². The van der Waals surface area contributed by atoms with E-state index in [1.807, 2.05) is 6.92 Å². The van der Waals surface area contributed by atoms with E-state index in [4.69, 9.17) is 9.84 Å². The van der Waals surface area contributed by atoms with E-state index in [1.165, 1.54) is 0 Å². The molecule has 0 saturated carbocycles. The summed E-state index contributed by atoms with van der Waals surface area (Å²) in [6.07, 6.45) is -0.824. The van der Waals surface area contributed by atoms with Crippen molar-refractivity contribution in [3.05, 3.63) is 0 Å². The maximum absolute atomic E-state index is 9.17. The van der Waals surface area contributed by atoms with Gasteiger partial charge < -0.3 is 14.9 Å². The van der Waals surface area contributed by atoms with Gasteiger partial charge in [0.25, 0.3) is 0 Å². The summed E-state index contributed by atoms with van der Waals surface area (Å²) in [6.45, 7) is 2.39. The second-order valence-corrected chi connectivity index (χ2v) is 2.52. The molecule has 1 aliphatic rings. The van der Waals surface area contributed by atoms with Crippen LogP contribution >= 0.6 is 0 Å². The molecule has 0 radical (unpaired) electrons. The topological polar surface area (TPSA) is 49.7 Å². The first-order valence-electron chi connectivity index (χ1n) is 3.16. The molecular weight excluding hydrogens is 120 g/mol. The van der Waals surface area contributed by atoms with Crippen LogP contribution in [-0.2, 0) is 4.74 Å². The van der Waals surface area contributed by atoms with Gasteiger partial charge in [-0.1, -0.05) is 6.92 Å². The van der Waals surface area contributed by atoms with E-state index in [0.29, 0.717) is 6.61 Å². The Morgan fingerprint density at radius 3 is 2.56 bits per heavy atom. The SMILES string of the molecule is CC1COC(CO)C1O. The van der Waals surface area contributed by atoms with Gasteiger partial charge in [-0.2, -0.15) is 0 Å². The Morgan fingerprint density at radius 1 is 1.67 bits per heavy atom. The molecule has 0 aromatic carbocycles. The van der Waals surface area contributed by atoms with Gasteiger partial charge in [0.2, 0.25) is 0 Å². The van der Waals surface area contributed by atoms with E-state index in [-0.39, 0.29) is 18.6 Å². The quantitative estimate of drug-likeness (QED) is 0.499. The highest BCUT2D eigenvalue weighted by Gasteiger charge is 2.31. The summed E-state index contributed by atoms with van der Waals surface area (Å²) in [5.74, 6) is 0.169. The van der Waals surface area contributed by atoms with E-state index in [1.54, 1.807) is 0 Å². The Hall–Kier alpha value is -0.120. The van der Waals surface area contributed by atoms with Crippen LogP contribution in [0.4, 0.5) is 0 Å². The Labute approximate surface area is 54.3 Å². The van der Waals surface area contributed by atoms with Gasteiger partial charge in [0.15, 0.2) is 0 Å². The van der Waals surface area contributed by atoms with Gasteiger partial charge in [0.1, 0.15) is 6.10 Å². The zero-order chi connectivity index (χ0) is 6.85. The van der Waals surface area contributed by atoms with Crippen LogP contribution in [0.1, 0.15) is 6.92 Å². The first-order chi connectivity index (χ1) is 4.25. The average Bonchev–Trinajstić information content (AvgIpc) is 2.15. The van der Waals surface area contributed by atoms with Crippen molar-refractivity contribution in [3.8, 4) is 0 Å². The van der Waals surface area contributed by atoms with Crippen LogP contribution in [0.15, 0.2) is 0 Å². The zero-order valence-corrected chi connectivity index (χ0v) is 5.45. The minimum atomic E-state index is -0.477. The van der Waals surface area contributed by atoms with E-state index in [9.17, 15) is 5.11 Å². The molecule has 1 saturated heterocycles. The largest absolute Gasteiger partial charge is 0.394 e. The molecule has 1 aliphatic heterocycles. The van der Waals surface area contributed by atoms with Crippen molar-refractivity contribution in [3.63, 3.8) is 0 Å². The fourth-order valence-corrected chi connectivity index (χ4v) is 1.000. The maximum atomic E-state index is 9.17. The first-order valence-corrected chi connectivity index (χ1v) is 3.16. The highest BCUT2D eigenvalue weighted by atomic mass is 16.5. The third-order valence-electron chi connectivity index (χ3n) is 1.72. The molecule has 1 rings (SSSR count). The van der Waals surface area contributed by atoms with E-state index in [2.05, 4.69) is 0 Å². The first kappa shape index (κ1) is 6.99. The fraction of sp³-hybridized carbons (Fsp3) is 1.00. The van der Waals surface area contributed by atoms with Gasteiger partial charge >= 0.3 is 0 Å². The summed E-state index contributed by atoms with van der Waals surface area (Å²) >= 11 is 0. The third kappa shape index (κ3) is 1.23. The molecule has 3 nitrogen and oxygen atoms in total. The van der Waals surface area contributed by atoms with Crippen molar-refractivity contribution < 1.29 is 14.9 Å². The predicted octanol–water partition coefficient (Wildman–Crippen LogP) is -0.626. The van der Waals surface area contributed by atoms with Crippen LogP contribution < -0.4 is 0 Å². The lowest BCUT2D eigenvalue weighted by Crippen LogP contribution is -2.27. The van der Waals surface area contributed by atoms with Crippen molar-refractivity contribution in [2.75, 3.05) is 13.2 Å². The number of hydrogen-bond donors (Lipinski definition) is 2. The van der Waals surface area contributed by atoms with E-state index in [0.717, 1.165) is 0 Å². The number of hydrogen-bond acceptors (Lipinski definition) is 3. The molecular formula is C6H12O3. The number of ether oxygens (including phenoxy) is 1. The lowest BCUT2D eigenvalue weighted by atomic mass is 10.1. The van der Waals surface area contributed by atoms with Crippen LogP contribution in [-0.4, -0.2) is 35.6 Å². The number of rotatable bonds is 1. The summed E-state index contributed by atoms with van der Waals surface area (Å²) < 4.78 is 5.03. The molecule has 3 atom stereocenters. The van der Waals surface area contributed by atoms with Crippen molar-refractivity contribution in [1.29, 1.82) is 0 Å². The third-order valence-corrected chi connectivity index (χ3v) is 1.72. The molecule has 3 heteroatoms. The van der Waals surface area contributed by atoms with Crippen LogP contribution in [0.25, 0.3) is 0 Å². The van der Waals surface area contributed by atoms with Crippen LogP contribution in [0.5, 0.6) is 0 Å². The lowest BCUT2D eigenvalue weighted by molar-refractivity contribution is 0.00208. The van der Waals surface area contributed by atoms with Crippen molar-refractivity contribution >= 4 is 0 Å². The lowest BCUT2D eigenvalue weighted by Gasteiger charge is -2.10. The molecule has 0 aromatic rings. The Balaban J connectivity index is 2.41. The Bertz CT molecular complexity index is 94.3. The average molecular weight is 132 g/mol. The fourth-order valence-electron chi connectivity index (χ4n) is 1.000. The summed E-state index contributed by atoms with van der Waals surface area (Å²) in [4.78, 5) is 0. The standard InChI is InChI=1S/C6H12O3/c1-4-3-9-5(2-7)6(4)8/h4-8H,2-3H2,1H3. The molecule has 1 fully saturated rings. The Kier molecular flexibility index (Phi) is 2.05. The van der Waals surface area contributed by atoms with E-state index >= 15 is 0 Å². The minimum Gasteiger partial charge on any atom is -0.394 e. The molecule has 0 amide bonds. The highest BCUT2D eigenvalue weighted by molar-refractivity contribution is 4.79. The second kappa shape index (κ2) is 2.64. The molecule has 9 heavy (non-hydrogen) atoms. The second-order valence-electron chi connectivity index (χ2n) is 2.52. The summed E-state index contributed by atoms with van der Waals surface area (Å²) in [5.41, 5.74) is 0. The molecule has 0 aliphatic carbocycles. The normalized spacial score (nSPS) is 43.7. The predicted molar refractivity (Wildman–Crippen MR) is 32.0 cm³/mol. The van der Waals surface area contributed by atoms with Crippen molar-refractivity contribution in [2.45, 2.75) is 19.1 Å². The molecule has 0 spiro atoms. The van der Waals surface area contributed by atoms with Crippen molar-refractivity contribution in [2.24, 2.45) is 5.92 Å². The zero-order valence-electron chi connectivity index (χ0n) is 5.45. The molecule has 1 heterocycles. The minimum absolute atomic E-state index is 0.0779. The Morgan fingerprint density at radius 2 is 2.33 bits per heavy atom. The van der Waals surface area contributed by atoms with Crippen LogP contribution in [0, 0.1) is 5.92 Å². The molecule has 54 valence electrons. The smallest absolute Gasteiger partial charge is 0.107 e. The molecule has 3 unspecified atom stereocenters. The van der Waals surface area contributed by atoms with Gasteiger partial charge in [-0.15, -0.1) is 0 Å². The molecule has 2 N–H and O–H groups in total. The molecule has 0 aromatic heterocycles. The van der Waals surface area contributed by atoms with Gasteiger partial charge in [-0.05, 0) is 0 Å². The van der Waals surface area contributed by atoms with Gasteiger partial charge in [-0.25, -0.2) is 0 Å². The van der Waals surface area contributed by atoms with Gasteiger partial charge in [0.05, 0.1) is 19.3 Å². The summed E-state index contributed by atoms with van der Waals surface area (Å²) in [5, 5.41) is 17.7. The summed E-state index contributed by atoms with van der Waals surface area (Å²) in [6, 6.07) is 0. The highest BCUT2D eigenvalue weighted by Crippen LogP contribution is 2.18. The molecule has 0 bridgehead atoms. The van der Waals surface area contributed by atoms with Crippen LogP contribution in [0.2, 0.25) is 0 Å². The van der Waals surface area contributed by atoms with Crippen molar-refractivity contribution in [1.82, 2.24) is 0 Å². The monoisotopic (exact) mass is 132 g/mol.